The fraction of sp³-hybridized carbons (Fsp3) is 0.400. The number of fused-ring (bicyclic) bond motifs is 1. The summed E-state index contributed by atoms with van der Waals surface area (Å²) in [7, 11) is 3.35. The molecule has 0 radical (unpaired) electrons. The number of ether oxygens (including phenoxy) is 2. The second-order valence-corrected chi connectivity index (χ2v) is 6.08. The fourth-order valence-corrected chi connectivity index (χ4v) is 3.54. The van der Waals surface area contributed by atoms with Gasteiger partial charge in [0.15, 0.2) is 11.5 Å². The van der Waals surface area contributed by atoms with Crippen molar-refractivity contribution in [2.75, 3.05) is 33.9 Å². The third kappa shape index (κ3) is 3.25. The number of aliphatic hydroxyl groups is 1. The minimum Gasteiger partial charge on any atom is -0.493 e. The monoisotopic (exact) mass is 327 g/mol. The maximum atomic E-state index is 9.24. The van der Waals surface area contributed by atoms with Crippen LogP contribution in [-0.2, 0) is 6.42 Å². The molecule has 4 heteroatoms. The van der Waals surface area contributed by atoms with Crippen LogP contribution in [0.4, 0.5) is 0 Å². The molecule has 24 heavy (non-hydrogen) atoms. The number of hydrogen-bond donors (Lipinski definition) is 1. The SMILES string of the molecule is COc1cc2c(cc1OC)C(c1ccccc1)N(CCCO)CC2. The van der Waals surface area contributed by atoms with E-state index in [1.54, 1.807) is 14.2 Å². The van der Waals surface area contributed by atoms with Crippen LogP contribution in [0.2, 0.25) is 0 Å². The molecule has 1 aliphatic rings. The minimum atomic E-state index is 0.182. The second-order valence-electron chi connectivity index (χ2n) is 6.08. The smallest absolute Gasteiger partial charge is 0.161 e. The van der Waals surface area contributed by atoms with Gasteiger partial charge in [0.05, 0.1) is 20.3 Å². The summed E-state index contributed by atoms with van der Waals surface area (Å²) in [6, 6.07) is 14.9. The van der Waals surface area contributed by atoms with Crippen molar-refractivity contribution in [2.24, 2.45) is 0 Å². The number of hydrogen-bond acceptors (Lipinski definition) is 4. The van der Waals surface area contributed by atoms with Crippen molar-refractivity contribution in [3.8, 4) is 11.5 Å². The van der Waals surface area contributed by atoms with Crippen LogP contribution in [0.15, 0.2) is 42.5 Å². The Morgan fingerprint density at radius 2 is 1.79 bits per heavy atom. The Labute approximate surface area is 143 Å². The van der Waals surface area contributed by atoms with Crippen LogP contribution in [0.25, 0.3) is 0 Å². The molecule has 2 aromatic carbocycles. The molecule has 3 rings (SSSR count). The van der Waals surface area contributed by atoms with E-state index in [-0.39, 0.29) is 12.6 Å². The summed E-state index contributed by atoms with van der Waals surface area (Å²) in [6.45, 7) is 2.07. The van der Waals surface area contributed by atoms with Gasteiger partial charge in [0.1, 0.15) is 0 Å². The van der Waals surface area contributed by atoms with E-state index < -0.39 is 0 Å². The first-order chi connectivity index (χ1) is 11.8. The molecule has 0 saturated heterocycles. The van der Waals surface area contributed by atoms with Gasteiger partial charge in [-0.3, -0.25) is 4.90 Å². The summed E-state index contributed by atoms with van der Waals surface area (Å²) >= 11 is 0. The highest BCUT2D eigenvalue weighted by molar-refractivity contribution is 5.51. The predicted octanol–water partition coefficient (Wildman–Crippen LogP) is 3.03. The molecule has 0 saturated carbocycles. The Balaban J connectivity index is 2.07. The van der Waals surface area contributed by atoms with Gasteiger partial charge in [0.2, 0.25) is 0 Å². The summed E-state index contributed by atoms with van der Waals surface area (Å²) < 4.78 is 11.0. The van der Waals surface area contributed by atoms with E-state index in [0.29, 0.717) is 0 Å². The largest absolute Gasteiger partial charge is 0.493 e. The summed E-state index contributed by atoms with van der Waals surface area (Å²) in [5.74, 6) is 1.55. The van der Waals surface area contributed by atoms with Gasteiger partial charge >= 0.3 is 0 Å². The first kappa shape index (κ1) is 16.8. The highest BCUT2D eigenvalue weighted by Crippen LogP contribution is 2.40. The Hall–Kier alpha value is -2.04. The molecule has 0 fully saturated rings. The standard InChI is InChI=1S/C20H25NO3/c1-23-18-13-16-9-11-21(10-6-12-22)20(15-7-4-3-5-8-15)17(16)14-19(18)24-2/h3-5,7-8,13-14,20,22H,6,9-12H2,1-2H3. The van der Waals surface area contributed by atoms with Crippen molar-refractivity contribution in [1.82, 2.24) is 4.90 Å². The zero-order valence-corrected chi connectivity index (χ0v) is 14.4. The van der Waals surface area contributed by atoms with Gasteiger partial charge in [0.25, 0.3) is 0 Å². The van der Waals surface area contributed by atoms with Crippen LogP contribution in [0.1, 0.15) is 29.2 Å². The van der Waals surface area contributed by atoms with Crippen molar-refractivity contribution in [3.63, 3.8) is 0 Å². The Morgan fingerprint density at radius 1 is 1.08 bits per heavy atom. The van der Waals surface area contributed by atoms with E-state index in [0.717, 1.165) is 37.4 Å². The number of methoxy groups -OCH3 is 2. The molecule has 1 unspecified atom stereocenters. The van der Waals surface area contributed by atoms with Crippen LogP contribution in [0.3, 0.4) is 0 Å². The van der Waals surface area contributed by atoms with Gasteiger partial charge in [-0.1, -0.05) is 30.3 Å². The lowest BCUT2D eigenvalue weighted by Gasteiger charge is -2.38. The first-order valence-electron chi connectivity index (χ1n) is 8.43. The highest BCUT2D eigenvalue weighted by Gasteiger charge is 2.29. The molecule has 1 aliphatic heterocycles. The fourth-order valence-electron chi connectivity index (χ4n) is 3.54. The highest BCUT2D eigenvalue weighted by atomic mass is 16.5. The number of aliphatic hydroxyl groups excluding tert-OH is 1. The predicted molar refractivity (Wildman–Crippen MR) is 94.8 cm³/mol. The lowest BCUT2D eigenvalue weighted by Crippen LogP contribution is -2.37. The Morgan fingerprint density at radius 3 is 2.46 bits per heavy atom. The molecule has 0 aliphatic carbocycles. The summed E-state index contributed by atoms with van der Waals surface area (Å²) in [6.07, 6.45) is 1.76. The van der Waals surface area contributed by atoms with Gasteiger partial charge in [0, 0.05) is 19.7 Å². The summed E-state index contributed by atoms with van der Waals surface area (Å²) in [5, 5.41) is 9.24. The first-order valence-corrected chi connectivity index (χ1v) is 8.43. The van der Waals surface area contributed by atoms with Crippen molar-refractivity contribution in [2.45, 2.75) is 18.9 Å². The quantitative estimate of drug-likeness (QED) is 0.885. The van der Waals surface area contributed by atoms with Gasteiger partial charge in [-0.05, 0) is 41.7 Å². The minimum absolute atomic E-state index is 0.182. The third-order valence-corrected chi connectivity index (χ3v) is 4.69. The third-order valence-electron chi connectivity index (χ3n) is 4.69. The lowest BCUT2D eigenvalue weighted by atomic mass is 9.87. The van der Waals surface area contributed by atoms with Crippen LogP contribution < -0.4 is 9.47 Å². The van der Waals surface area contributed by atoms with E-state index in [1.807, 2.05) is 6.07 Å². The molecule has 0 amide bonds. The zero-order valence-electron chi connectivity index (χ0n) is 14.4. The van der Waals surface area contributed by atoms with Crippen LogP contribution >= 0.6 is 0 Å². The maximum absolute atomic E-state index is 9.24. The molecule has 0 spiro atoms. The lowest BCUT2D eigenvalue weighted by molar-refractivity contribution is 0.185. The molecular formula is C20H25NO3. The summed E-state index contributed by atoms with van der Waals surface area (Å²) in [4.78, 5) is 2.44. The van der Waals surface area contributed by atoms with Crippen molar-refractivity contribution in [1.29, 1.82) is 0 Å². The zero-order chi connectivity index (χ0) is 16.9. The number of benzene rings is 2. The van der Waals surface area contributed by atoms with Crippen LogP contribution in [0, 0.1) is 0 Å². The van der Waals surface area contributed by atoms with E-state index in [9.17, 15) is 5.11 Å². The summed E-state index contributed by atoms with van der Waals surface area (Å²) in [5.41, 5.74) is 3.84. The van der Waals surface area contributed by atoms with Gasteiger partial charge < -0.3 is 14.6 Å². The van der Waals surface area contributed by atoms with Crippen LogP contribution in [-0.4, -0.2) is 43.9 Å². The number of rotatable bonds is 6. The molecule has 4 nitrogen and oxygen atoms in total. The van der Waals surface area contributed by atoms with E-state index >= 15 is 0 Å². The van der Waals surface area contributed by atoms with E-state index in [4.69, 9.17) is 9.47 Å². The topological polar surface area (TPSA) is 41.9 Å². The van der Waals surface area contributed by atoms with Gasteiger partial charge in [-0.15, -0.1) is 0 Å². The molecule has 2 aromatic rings. The van der Waals surface area contributed by atoms with E-state index in [1.165, 1.54) is 16.7 Å². The maximum Gasteiger partial charge on any atom is 0.161 e. The molecule has 0 bridgehead atoms. The molecule has 0 aromatic heterocycles. The number of nitrogens with zero attached hydrogens (tertiary/aromatic N) is 1. The van der Waals surface area contributed by atoms with Gasteiger partial charge in [-0.2, -0.15) is 0 Å². The van der Waals surface area contributed by atoms with Gasteiger partial charge in [-0.25, -0.2) is 0 Å². The van der Waals surface area contributed by atoms with Crippen molar-refractivity contribution in [3.05, 3.63) is 59.2 Å². The van der Waals surface area contributed by atoms with Crippen molar-refractivity contribution >= 4 is 0 Å². The Kier molecular flexibility index (Phi) is 5.38. The molecule has 1 heterocycles. The average molecular weight is 327 g/mol. The molecular weight excluding hydrogens is 302 g/mol. The second kappa shape index (κ2) is 7.69. The van der Waals surface area contributed by atoms with Crippen LogP contribution in [0.5, 0.6) is 11.5 Å². The molecule has 1 N–H and O–H groups in total. The van der Waals surface area contributed by atoms with Crippen molar-refractivity contribution < 1.29 is 14.6 Å². The Bertz CT molecular complexity index is 672. The van der Waals surface area contributed by atoms with E-state index in [2.05, 4.69) is 41.3 Å². The normalized spacial score (nSPS) is 17.4. The molecule has 1 atom stereocenters. The molecule has 128 valence electrons. The average Bonchev–Trinajstić information content (AvgIpc) is 2.65.